The molecule has 0 atom stereocenters. The summed E-state index contributed by atoms with van der Waals surface area (Å²) in [5.41, 5.74) is 2.78. The summed E-state index contributed by atoms with van der Waals surface area (Å²) in [6, 6.07) is 12.6. The lowest BCUT2D eigenvalue weighted by Crippen LogP contribution is -2.37. The number of hydrogen-bond acceptors (Lipinski definition) is 5. The second-order valence-corrected chi connectivity index (χ2v) is 10.9. The highest BCUT2D eigenvalue weighted by atomic mass is 16.6. The van der Waals surface area contributed by atoms with Gasteiger partial charge in [0, 0.05) is 35.8 Å². The van der Waals surface area contributed by atoms with Crippen LogP contribution in [0.5, 0.6) is 0 Å². The molecule has 1 fully saturated rings. The van der Waals surface area contributed by atoms with Crippen molar-refractivity contribution in [2.75, 3.05) is 13.1 Å². The summed E-state index contributed by atoms with van der Waals surface area (Å²) in [6.07, 6.45) is 3.64. The average molecular weight is 505 g/mol. The molecule has 37 heavy (non-hydrogen) atoms. The van der Waals surface area contributed by atoms with Gasteiger partial charge in [-0.2, -0.15) is 0 Å². The summed E-state index contributed by atoms with van der Waals surface area (Å²) in [4.78, 5) is 44.5. The molecule has 3 aromatic rings. The molecule has 3 N–H and O–H groups in total. The van der Waals surface area contributed by atoms with Gasteiger partial charge in [-0.3, -0.25) is 9.59 Å². The number of nitrogens with zero attached hydrogens (tertiary/aromatic N) is 1. The molecule has 0 spiro atoms. The third-order valence-corrected chi connectivity index (χ3v) is 6.80. The SMILES string of the molecule is Cc1[nH]c(=O)ccc1-c1cc(C(=O)NC[C@H]2CC[C@H](CNC(=O)OC(C)(C)C)CC2)c2ccccc2n1. The van der Waals surface area contributed by atoms with Crippen LogP contribution < -0.4 is 16.2 Å². The summed E-state index contributed by atoms with van der Waals surface area (Å²) < 4.78 is 5.32. The lowest BCUT2D eigenvalue weighted by molar-refractivity contribution is 0.0512. The maximum absolute atomic E-state index is 13.3. The second-order valence-electron chi connectivity index (χ2n) is 10.9. The van der Waals surface area contributed by atoms with Gasteiger partial charge in [0.25, 0.3) is 5.91 Å². The molecule has 8 heteroatoms. The van der Waals surface area contributed by atoms with E-state index in [2.05, 4.69) is 15.6 Å². The van der Waals surface area contributed by atoms with Crippen LogP contribution in [0.4, 0.5) is 4.79 Å². The number of carbonyl (C=O) groups is 2. The number of nitrogens with one attached hydrogen (secondary N) is 3. The van der Waals surface area contributed by atoms with E-state index in [-0.39, 0.29) is 17.6 Å². The number of alkyl carbamates (subject to hydrolysis) is 1. The maximum Gasteiger partial charge on any atom is 0.407 e. The molecule has 2 heterocycles. The minimum Gasteiger partial charge on any atom is -0.444 e. The summed E-state index contributed by atoms with van der Waals surface area (Å²) in [6.45, 7) is 8.61. The Hall–Kier alpha value is -3.68. The van der Waals surface area contributed by atoms with Crippen molar-refractivity contribution in [3.63, 3.8) is 0 Å². The van der Waals surface area contributed by atoms with E-state index in [0.717, 1.165) is 42.1 Å². The Morgan fingerprint density at radius 2 is 1.65 bits per heavy atom. The van der Waals surface area contributed by atoms with Crippen molar-refractivity contribution in [3.05, 3.63) is 64.1 Å². The molecule has 0 bridgehead atoms. The number of aromatic nitrogens is 2. The van der Waals surface area contributed by atoms with Gasteiger partial charge in [-0.25, -0.2) is 9.78 Å². The topological polar surface area (TPSA) is 113 Å². The number of hydrogen-bond donors (Lipinski definition) is 3. The predicted molar refractivity (Wildman–Crippen MR) is 145 cm³/mol. The number of fused-ring (bicyclic) bond motifs is 1. The fourth-order valence-corrected chi connectivity index (χ4v) is 4.87. The van der Waals surface area contributed by atoms with Gasteiger partial charge in [0.2, 0.25) is 5.56 Å². The van der Waals surface area contributed by atoms with Crippen LogP contribution in [-0.2, 0) is 4.74 Å². The van der Waals surface area contributed by atoms with Crippen LogP contribution in [0.2, 0.25) is 0 Å². The Morgan fingerprint density at radius 1 is 1.00 bits per heavy atom. The van der Waals surface area contributed by atoms with E-state index in [1.165, 1.54) is 6.07 Å². The molecule has 1 aliphatic carbocycles. The molecule has 0 aliphatic heterocycles. The Labute approximate surface area is 217 Å². The van der Waals surface area contributed by atoms with Crippen LogP contribution in [0.3, 0.4) is 0 Å². The average Bonchev–Trinajstić information content (AvgIpc) is 2.85. The number of rotatable bonds is 6. The van der Waals surface area contributed by atoms with Gasteiger partial charge in [-0.1, -0.05) is 18.2 Å². The summed E-state index contributed by atoms with van der Waals surface area (Å²) in [7, 11) is 0. The number of amides is 2. The molecular formula is C29H36N4O4. The Bertz CT molecular complexity index is 1330. The largest absolute Gasteiger partial charge is 0.444 e. The van der Waals surface area contributed by atoms with Gasteiger partial charge in [-0.05, 0) is 83.4 Å². The van der Waals surface area contributed by atoms with E-state index in [9.17, 15) is 14.4 Å². The van der Waals surface area contributed by atoms with E-state index >= 15 is 0 Å². The summed E-state index contributed by atoms with van der Waals surface area (Å²) in [5.74, 6) is 0.693. The van der Waals surface area contributed by atoms with Gasteiger partial charge in [0.1, 0.15) is 5.60 Å². The monoisotopic (exact) mass is 504 g/mol. The highest BCUT2D eigenvalue weighted by Crippen LogP contribution is 2.29. The van der Waals surface area contributed by atoms with Crippen molar-refractivity contribution >= 4 is 22.9 Å². The number of pyridine rings is 2. The highest BCUT2D eigenvalue weighted by molar-refractivity contribution is 6.07. The zero-order valence-electron chi connectivity index (χ0n) is 22.0. The third kappa shape index (κ3) is 6.96. The Balaban J connectivity index is 1.38. The van der Waals surface area contributed by atoms with Gasteiger partial charge < -0.3 is 20.4 Å². The van der Waals surface area contributed by atoms with E-state index in [1.54, 1.807) is 12.1 Å². The minimum atomic E-state index is -0.500. The van der Waals surface area contributed by atoms with Crippen molar-refractivity contribution in [2.45, 2.75) is 59.0 Å². The van der Waals surface area contributed by atoms with Crippen LogP contribution in [-0.4, -0.2) is 40.7 Å². The second kappa shape index (κ2) is 11.2. The normalized spacial score (nSPS) is 17.8. The quantitative estimate of drug-likeness (QED) is 0.439. The minimum absolute atomic E-state index is 0.129. The van der Waals surface area contributed by atoms with Crippen molar-refractivity contribution in [3.8, 4) is 11.3 Å². The fourth-order valence-electron chi connectivity index (χ4n) is 4.87. The molecular weight excluding hydrogens is 468 g/mol. The van der Waals surface area contributed by atoms with Crippen LogP contribution in [0.15, 0.2) is 47.3 Å². The third-order valence-electron chi connectivity index (χ3n) is 6.80. The zero-order chi connectivity index (χ0) is 26.6. The van der Waals surface area contributed by atoms with Gasteiger partial charge in [0.05, 0.1) is 16.8 Å². The van der Waals surface area contributed by atoms with E-state index < -0.39 is 5.60 Å². The van der Waals surface area contributed by atoms with Gasteiger partial charge in [-0.15, -0.1) is 0 Å². The molecule has 1 aliphatic rings. The molecule has 0 radical (unpaired) electrons. The number of para-hydroxylation sites is 1. The van der Waals surface area contributed by atoms with Crippen molar-refractivity contribution in [2.24, 2.45) is 11.8 Å². The molecule has 0 saturated heterocycles. The highest BCUT2D eigenvalue weighted by Gasteiger charge is 2.24. The Kier molecular flexibility index (Phi) is 7.95. The summed E-state index contributed by atoms with van der Waals surface area (Å²) in [5, 5.41) is 6.82. The standard InChI is InChI=1S/C29H36N4O4/c1-18-21(13-14-26(34)32-18)25-15-23(22-7-5-6-8-24(22)33-25)27(35)30-16-19-9-11-20(12-10-19)17-31-28(36)37-29(2,3)4/h5-8,13-15,19-20H,9-12,16-17H2,1-4H3,(H,30,35)(H,31,36)(H,32,34)/t19-,20-. The number of benzene rings is 1. The first-order valence-corrected chi connectivity index (χ1v) is 12.9. The molecule has 2 aromatic heterocycles. The molecule has 4 rings (SSSR count). The lowest BCUT2D eigenvalue weighted by atomic mass is 9.82. The van der Waals surface area contributed by atoms with E-state index in [0.29, 0.717) is 41.9 Å². The smallest absolute Gasteiger partial charge is 0.407 e. The van der Waals surface area contributed by atoms with Crippen molar-refractivity contribution in [1.29, 1.82) is 0 Å². The van der Waals surface area contributed by atoms with Crippen LogP contribution in [0.1, 0.15) is 62.5 Å². The van der Waals surface area contributed by atoms with Gasteiger partial charge >= 0.3 is 6.09 Å². The number of ether oxygens (including phenoxy) is 1. The summed E-state index contributed by atoms with van der Waals surface area (Å²) >= 11 is 0. The molecule has 8 nitrogen and oxygen atoms in total. The lowest BCUT2D eigenvalue weighted by Gasteiger charge is -2.29. The van der Waals surface area contributed by atoms with Crippen LogP contribution in [0, 0.1) is 18.8 Å². The number of carbonyl (C=O) groups excluding carboxylic acids is 2. The molecule has 1 saturated carbocycles. The number of aryl methyl sites for hydroxylation is 1. The van der Waals surface area contributed by atoms with Crippen molar-refractivity contribution < 1.29 is 14.3 Å². The molecule has 0 unspecified atom stereocenters. The molecule has 1 aromatic carbocycles. The maximum atomic E-state index is 13.3. The van der Waals surface area contributed by atoms with E-state index in [1.807, 2.05) is 52.0 Å². The van der Waals surface area contributed by atoms with Crippen LogP contribution in [0.25, 0.3) is 22.2 Å². The first kappa shape index (κ1) is 26.4. The van der Waals surface area contributed by atoms with Crippen molar-refractivity contribution in [1.82, 2.24) is 20.6 Å². The first-order chi connectivity index (χ1) is 17.6. The van der Waals surface area contributed by atoms with Gasteiger partial charge in [0.15, 0.2) is 0 Å². The number of aromatic amines is 1. The molecule has 2 amide bonds. The predicted octanol–water partition coefficient (Wildman–Crippen LogP) is 4.96. The zero-order valence-corrected chi connectivity index (χ0v) is 22.0. The fraction of sp³-hybridized carbons (Fsp3) is 0.448. The van der Waals surface area contributed by atoms with E-state index in [4.69, 9.17) is 9.72 Å². The molecule has 196 valence electrons. The first-order valence-electron chi connectivity index (χ1n) is 12.9. The number of H-pyrrole nitrogens is 1. The van der Waals surface area contributed by atoms with Crippen LogP contribution >= 0.6 is 0 Å². The Morgan fingerprint density at radius 3 is 2.30 bits per heavy atom.